The minimum Gasteiger partial charge on any atom is -0.466 e. The summed E-state index contributed by atoms with van der Waals surface area (Å²) in [6, 6.07) is 3.65. The maximum atomic E-state index is 12.3. The number of carbonyl (C=O) groups excluding carboxylic acids is 1. The van der Waals surface area contributed by atoms with Gasteiger partial charge in [0.05, 0.1) is 17.9 Å². The normalized spacial score (nSPS) is 11.4. The molecule has 0 atom stereocenters. The molecule has 0 heterocycles. The summed E-state index contributed by atoms with van der Waals surface area (Å²) in [7, 11) is -3.61. The van der Waals surface area contributed by atoms with Crippen molar-refractivity contribution in [2.24, 2.45) is 0 Å². The Morgan fingerprint density at radius 2 is 1.75 bits per heavy atom. The first-order chi connectivity index (χ1) is 9.27. The molecule has 0 aliphatic carbocycles. The molecule has 0 aliphatic rings. The summed E-state index contributed by atoms with van der Waals surface area (Å²) in [5, 5.41) is 0. The van der Waals surface area contributed by atoms with Crippen molar-refractivity contribution in [2.75, 3.05) is 13.2 Å². The lowest BCUT2D eigenvalue weighted by molar-refractivity contribution is -0.142. The highest BCUT2D eigenvalue weighted by Gasteiger charge is 2.19. The van der Waals surface area contributed by atoms with Crippen LogP contribution in [0.5, 0.6) is 0 Å². The van der Waals surface area contributed by atoms with E-state index in [-0.39, 0.29) is 17.9 Å². The summed E-state index contributed by atoms with van der Waals surface area (Å²) in [4.78, 5) is 11.5. The summed E-state index contributed by atoms with van der Waals surface area (Å²) in [6.45, 7) is 7.49. The number of hydrogen-bond acceptors (Lipinski definition) is 4. The van der Waals surface area contributed by atoms with Gasteiger partial charge in [0, 0.05) is 6.54 Å². The van der Waals surface area contributed by atoms with Gasteiger partial charge in [-0.3, -0.25) is 4.79 Å². The Morgan fingerprint density at radius 1 is 1.20 bits per heavy atom. The van der Waals surface area contributed by atoms with Crippen molar-refractivity contribution in [2.45, 2.75) is 39.0 Å². The van der Waals surface area contributed by atoms with Crippen LogP contribution in [0, 0.1) is 20.8 Å². The first-order valence-electron chi connectivity index (χ1n) is 6.51. The fraction of sp³-hybridized carbons (Fsp3) is 0.500. The molecule has 0 saturated heterocycles. The second-order valence-corrected chi connectivity index (χ2v) is 6.38. The molecule has 1 rings (SSSR count). The zero-order chi connectivity index (χ0) is 15.3. The zero-order valence-electron chi connectivity index (χ0n) is 12.3. The smallest absolute Gasteiger partial charge is 0.307 e. The molecule has 1 aromatic carbocycles. The fourth-order valence-electron chi connectivity index (χ4n) is 2.18. The van der Waals surface area contributed by atoms with E-state index < -0.39 is 16.0 Å². The van der Waals surface area contributed by atoms with E-state index in [1.807, 2.05) is 19.1 Å². The Balaban J connectivity index is 2.82. The maximum Gasteiger partial charge on any atom is 0.307 e. The van der Waals surface area contributed by atoms with Crippen LogP contribution in [0.1, 0.15) is 30.0 Å². The molecule has 6 heteroatoms. The molecular formula is C14H21NO4S. The third-order valence-corrected chi connectivity index (χ3v) is 4.57. The van der Waals surface area contributed by atoms with E-state index in [4.69, 9.17) is 4.74 Å². The van der Waals surface area contributed by atoms with Crippen molar-refractivity contribution in [1.82, 2.24) is 4.72 Å². The van der Waals surface area contributed by atoms with E-state index in [1.165, 1.54) is 0 Å². The molecule has 0 aromatic heterocycles. The number of esters is 1. The van der Waals surface area contributed by atoms with Gasteiger partial charge in [-0.1, -0.05) is 17.7 Å². The molecule has 1 N–H and O–H groups in total. The number of benzene rings is 1. The van der Waals surface area contributed by atoms with E-state index in [0.717, 1.165) is 5.56 Å². The summed E-state index contributed by atoms with van der Waals surface area (Å²) < 4.78 is 31.7. The van der Waals surface area contributed by atoms with Crippen LogP contribution in [0.25, 0.3) is 0 Å². The lowest BCUT2D eigenvalue weighted by Crippen LogP contribution is -2.28. The summed E-state index contributed by atoms with van der Waals surface area (Å²) in [5.41, 5.74) is 2.42. The minimum atomic E-state index is -3.61. The number of hydrogen-bond donors (Lipinski definition) is 1. The Morgan fingerprint density at radius 3 is 2.25 bits per heavy atom. The highest BCUT2D eigenvalue weighted by Crippen LogP contribution is 2.21. The molecule has 0 radical (unpaired) electrons. The number of carbonyl (C=O) groups is 1. The summed E-state index contributed by atoms with van der Waals surface area (Å²) in [6.07, 6.45) is 0.0248. The van der Waals surface area contributed by atoms with Crippen LogP contribution in [0.2, 0.25) is 0 Å². The Labute approximate surface area is 120 Å². The van der Waals surface area contributed by atoms with Gasteiger partial charge in [-0.05, 0) is 38.8 Å². The van der Waals surface area contributed by atoms with Gasteiger partial charge in [0.1, 0.15) is 0 Å². The van der Waals surface area contributed by atoms with Crippen molar-refractivity contribution in [3.8, 4) is 0 Å². The Kier molecular flexibility index (Phi) is 5.71. The van der Waals surface area contributed by atoms with Crippen LogP contribution in [0.4, 0.5) is 0 Å². The molecule has 0 spiro atoms. The molecule has 20 heavy (non-hydrogen) atoms. The molecule has 0 amide bonds. The van der Waals surface area contributed by atoms with Gasteiger partial charge in [0.15, 0.2) is 0 Å². The first kappa shape index (κ1) is 16.7. The van der Waals surface area contributed by atoms with E-state index in [1.54, 1.807) is 20.8 Å². The van der Waals surface area contributed by atoms with Crippen LogP contribution >= 0.6 is 0 Å². The number of aryl methyl sites for hydroxylation is 3. The molecule has 1 aromatic rings. The Bertz CT molecular complexity index is 570. The van der Waals surface area contributed by atoms with Crippen molar-refractivity contribution in [1.29, 1.82) is 0 Å². The van der Waals surface area contributed by atoms with Crippen LogP contribution in [0.15, 0.2) is 17.0 Å². The largest absolute Gasteiger partial charge is 0.466 e. The molecular weight excluding hydrogens is 278 g/mol. The van der Waals surface area contributed by atoms with E-state index in [0.29, 0.717) is 17.7 Å². The van der Waals surface area contributed by atoms with Gasteiger partial charge in [-0.2, -0.15) is 0 Å². The highest BCUT2D eigenvalue weighted by atomic mass is 32.2. The van der Waals surface area contributed by atoms with Gasteiger partial charge < -0.3 is 4.74 Å². The van der Waals surface area contributed by atoms with Crippen molar-refractivity contribution >= 4 is 16.0 Å². The van der Waals surface area contributed by atoms with E-state index >= 15 is 0 Å². The zero-order valence-corrected chi connectivity index (χ0v) is 13.1. The topological polar surface area (TPSA) is 72.5 Å². The second-order valence-electron chi connectivity index (χ2n) is 4.68. The quantitative estimate of drug-likeness (QED) is 0.814. The summed E-state index contributed by atoms with van der Waals surface area (Å²) >= 11 is 0. The number of sulfonamides is 1. The third kappa shape index (κ3) is 4.31. The predicted molar refractivity (Wildman–Crippen MR) is 77.1 cm³/mol. The molecule has 0 saturated carbocycles. The highest BCUT2D eigenvalue weighted by molar-refractivity contribution is 7.89. The lowest BCUT2D eigenvalue weighted by Gasteiger charge is -2.12. The van der Waals surface area contributed by atoms with Gasteiger partial charge in [0.2, 0.25) is 10.0 Å². The van der Waals surface area contributed by atoms with E-state index in [9.17, 15) is 13.2 Å². The van der Waals surface area contributed by atoms with Crippen LogP contribution < -0.4 is 4.72 Å². The average Bonchev–Trinajstić information content (AvgIpc) is 2.26. The monoisotopic (exact) mass is 299 g/mol. The SMILES string of the molecule is CCOC(=O)CCNS(=O)(=O)c1c(C)cc(C)cc1C. The van der Waals surface area contributed by atoms with Gasteiger partial charge in [0.25, 0.3) is 0 Å². The molecule has 112 valence electrons. The standard InChI is InChI=1S/C14H21NO4S/c1-5-19-13(16)6-7-15-20(17,18)14-11(3)8-10(2)9-12(14)4/h8-9,15H,5-7H2,1-4H3. The average molecular weight is 299 g/mol. The number of rotatable bonds is 6. The van der Waals surface area contributed by atoms with Gasteiger partial charge >= 0.3 is 5.97 Å². The van der Waals surface area contributed by atoms with Gasteiger partial charge in [-0.15, -0.1) is 0 Å². The van der Waals surface area contributed by atoms with Crippen LogP contribution in [0.3, 0.4) is 0 Å². The number of nitrogens with one attached hydrogen (secondary N) is 1. The van der Waals surface area contributed by atoms with Gasteiger partial charge in [-0.25, -0.2) is 13.1 Å². The molecule has 0 bridgehead atoms. The van der Waals surface area contributed by atoms with Crippen LogP contribution in [-0.2, 0) is 19.6 Å². The second kappa shape index (κ2) is 6.85. The lowest BCUT2D eigenvalue weighted by atomic mass is 10.1. The number of ether oxygens (including phenoxy) is 1. The van der Waals surface area contributed by atoms with Crippen molar-refractivity contribution < 1.29 is 17.9 Å². The summed E-state index contributed by atoms with van der Waals surface area (Å²) in [5.74, 6) is -0.410. The van der Waals surface area contributed by atoms with E-state index in [2.05, 4.69) is 4.72 Å². The molecule has 0 fully saturated rings. The molecule has 0 aliphatic heterocycles. The van der Waals surface area contributed by atoms with Crippen molar-refractivity contribution in [3.05, 3.63) is 28.8 Å². The molecule has 0 unspecified atom stereocenters. The Hall–Kier alpha value is -1.40. The minimum absolute atomic E-state index is 0.0248. The maximum absolute atomic E-state index is 12.3. The predicted octanol–water partition coefficient (Wildman–Crippen LogP) is 1.84. The fourth-order valence-corrected chi connectivity index (χ4v) is 3.66. The van der Waals surface area contributed by atoms with Crippen molar-refractivity contribution in [3.63, 3.8) is 0 Å². The third-order valence-electron chi connectivity index (χ3n) is 2.80. The molecule has 5 nitrogen and oxygen atoms in total. The first-order valence-corrected chi connectivity index (χ1v) is 7.99. The van der Waals surface area contributed by atoms with Crippen LogP contribution in [-0.4, -0.2) is 27.5 Å².